The average Bonchev–Trinajstić information content (AvgIpc) is 2.27. The maximum atomic E-state index is 11.7. The van der Waals surface area contributed by atoms with Crippen LogP contribution in [0.5, 0.6) is 5.75 Å². The zero-order valence-corrected chi connectivity index (χ0v) is 11.7. The van der Waals surface area contributed by atoms with Gasteiger partial charge in [0, 0.05) is 5.56 Å². The fourth-order valence-corrected chi connectivity index (χ4v) is 1.29. The summed E-state index contributed by atoms with van der Waals surface area (Å²) in [5.74, 6) is 0.212. The van der Waals surface area contributed by atoms with E-state index in [1.165, 1.54) is 7.11 Å². The Morgan fingerprint density at radius 2 is 1.82 bits per heavy atom. The number of halogens is 4. The van der Waals surface area contributed by atoms with Gasteiger partial charge < -0.3 is 10.1 Å². The van der Waals surface area contributed by atoms with Crippen LogP contribution in [0.15, 0.2) is 24.3 Å². The van der Waals surface area contributed by atoms with Crippen molar-refractivity contribution in [1.82, 2.24) is 5.32 Å². The molecule has 0 spiro atoms. The van der Waals surface area contributed by atoms with Crippen LogP contribution in [0.3, 0.4) is 0 Å². The van der Waals surface area contributed by atoms with Gasteiger partial charge in [0.05, 0.1) is 7.11 Å². The van der Waals surface area contributed by atoms with Crippen LogP contribution in [-0.2, 0) is 0 Å². The molecule has 1 rings (SSSR count). The molecule has 0 saturated heterocycles. The Labute approximate surface area is 119 Å². The smallest absolute Gasteiger partial charge is 0.252 e. The Hall–Kier alpha value is -0.350. The summed E-state index contributed by atoms with van der Waals surface area (Å²) in [6.07, 6.45) is 0. The van der Waals surface area contributed by atoms with Crippen LogP contribution in [0.4, 0.5) is 0 Å². The third-order valence-electron chi connectivity index (χ3n) is 1.90. The zero-order valence-electron chi connectivity index (χ0n) is 8.72. The molecule has 3 nitrogen and oxygen atoms in total. The van der Waals surface area contributed by atoms with E-state index in [1.54, 1.807) is 24.3 Å². The minimum Gasteiger partial charge on any atom is -0.497 e. The molecule has 0 saturated carbocycles. The lowest BCUT2D eigenvalue weighted by atomic mass is 10.2. The van der Waals surface area contributed by atoms with Crippen LogP contribution >= 0.6 is 46.4 Å². The molecule has 1 amide bonds. The fraction of sp³-hybridized carbons (Fsp3) is 0.300. The summed E-state index contributed by atoms with van der Waals surface area (Å²) in [6, 6.07) is 6.45. The number of nitrogens with one attached hydrogen (secondary N) is 1. The lowest BCUT2D eigenvalue weighted by Gasteiger charge is -2.19. The first-order valence-electron chi connectivity index (χ1n) is 4.50. The van der Waals surface area contributed by atoms with Gasteiger partial charge in [-0.15, -0.1) is 0 Å². The van der Waals surface area contributed by atoms with Crippen LogP contribution in [0, 0.1) is 0 Å². The number of benzene rings is 1. The third-order valence-corrected chi connectivity index (χ3v) is 3.32. The molecule has 7 heteroatoms. The van der Waals surface area contributed by atoms with E-state index in [9.17, 15) is 4.79 Å². The number of methoxy groups -OCH3 is 1. The molecule has 1 atom stereocenters. The second-order valence-electron chi connectivity index (χ2n) is 3.11. The molecular formula is C10H9Cl4NO2. The van der Waals surface area contributed by atoms with Gasteiger partial charge in [0.25, 0.3) is 5.91 Å². The van der Waals surface area contributed by atoms with Crippen LogP contribution in [0.25, 0.3) is 0 Å². The summed E-state index contributed by atoms with van der Waals surface area (Å²) in [6.45, 7) is 0. The van der Waals surface area contributed by atoms with Gasteiger partial charge in [-0.3, -0.25) is 4.79 Å². The highest BCUT2D eigenvalue weighted by Crippen LogP contribution is 2.32. The highest BCUT2D eigenvalue weighted by Gasteiger charge is 2.32. The summed E-state index contributed by atoms with van der Waals surface area (Å²) in [5.41, 5.74) is -0.715. The number of amides is 1. The first-order chi connectivity index (χ1) is 7.84. The summed E-state index contributed by atoms with van der Waals surface area (Å²) >= 11 is 22.3. The van der Waals surface area contributed by atoms with Gasteiger partial charge in [-0.05, 0) is 24.3 Å². The quantitative estimate of drug-likeness (QED) is 0.686. The van der Waals surface area contributed by atoms with E-state index < -0.39 is 15.2 Å². The second kappa shape index (κ2) is 6.01. The van der Waals surface area contributed by atoms with Crippen molar-refractivity contribution >= 4 is 52.3 Å². The highest BCUT2D eigenvalue weighted by molar-refractivity contribution is 6.70. The van der Waals surface area contributed by atoms with Gasteiger partial charge in [-0.1, -0.05) is 46.4 Å². The molecular weight excluding hydrogens is 308 g/mol. The molecule has 17 heavy (non-hydrogen) atoms. The third kappa shape index (κ3) is 4.43. The lowest BCUT2D eigenvalue weighted by Crippen LogP contribution is -2.39. The fourth-order valence-electron chi connectivity index (χ4n) is 1.02. The number of carbonyl (C=O) groups excluding carboxylic acids is 1. The molecule has 1 N–H and O–H groups in total. The predicted octanol–water partition coefficient (Wildman–Crippen LogP) is 3.36. The Morgan fingerprint density at radius 1 is 1.29 bits per heavy atom. The Bertz CT molecular complexity index is 388. The largest absolute Gasteiger partial charge is 0.497 e. The lowest BCUT2D eigenvalue weighted by molar-refractivity contribution is 0.0949. The maximum absolute atomic E-state index is 11.7. The van der Waals surface area contributed by atoms with Crippen molar-refractivity contribution in [3.05, 3.63) is 29.8 Å². The van der Waals surface area contributed by atoms with Gasteiger partial charge in [0.2, 0.25) is 3.79 Å². The highest BCUT2D eigenvalue weighted by atomic mass is 35.6. The Kier molecular flexibility index (Phi) is 5.20. The summed E-state index contributed by atoms with van der Waals surface area (Å²) < 4.78 is 3.20. The molecule has 0 aliphatic rings. The van der Waals surface area contributed by atoms with Crippen LogP contribution in [0.1, 0.15) is 10.4 Å². The number of hydrogen-bond donors (Lipinski definition) is 1. The van der Waals surface area contributed by atoms with E-state index in [4.69, 9.17) is 51.1 Å². The van der Waals surface area contributed by atoms with E-state index >= 15 is 0 Å². The van der Waals surface area contributed by atoms with E-state index in [2.05, 4.69) is 5.32 Å². The van der Waals surface area contributed by atoms with E-state index in [-0.39, 0.29) is 0 Å². The molecule has 0 bridgehead atoms. The number of ether oxygens (including phenoxy) is 1. The van der Waals surface area contributed by atoms with Crippen molar-refractivity contribution in [2.75, 3.05) is 7.11 Å². The van der Waals surface area contributed by atoms with E-state index in [1.807, 2.05) is 0 Å². The minimum absolute atomic E-state index is 0.394. The maximum Gasteiger partial charge on any atom is 0.252 e. The number of hydrogen-bond acceptors (Lipinski definition) is 2. The summed E-state index contributed by atoms with van der Waals surface area (Å²) in [7, 11) is 1.53. The van der Waals surface area contributed by atoms with Crippen molar-refractivity contribution in [1.29, 1.82) is 0 Å². The topological polar surface area (TPSA) is 38.3 Å². The molecule has 0 radical (unpaired) electrons. The van der Waals surface area contributed by atoms with Gasteiger partial charge in [-0.25, -0.2) is 0 Å². The molecule has 0 fully saturated rings. The van der Waals surface area contributed by atoms with Gasteiger partial charge in [0.15, 0.2) is 5.50 Å². The molecule has 94 valence electrons. The Morgan fingerprint density at radius 3 is 2.24 bits per heavy atom. The summed E-state index contributed by atoms with van der Waals surface area (Å²) in [5, 5.41) is 2.36. The normalized spacial score (nSPS) is 13.0. The van der Waals surface area contributed by atoms with Crippen LogP contribution in [-0.4, -0.2) is 22.3 Å². The van der Waals surface area contributed by atoms with Crippen molar-refractivity contribution < 1.29 is 9.53 Å². The number of rotatable bonds is 3. The average molecular weight is 317 g/mol. The van der Waals surface area contributed by atoms with Gasteiger partial charge in [-0.2, -0.15) is 0 Å². The van der Waals surface area contributed by atoms with Crippen molar-refractivity contribution in [3.8, 4) is 5.75 Å². The minimum atomic E-state index is -1.76. The summed E-state index contributed by atoms with van der Waals surface area (Å²) in [4.78, 5) is 11.7. The van der Waals surface area contributed by atoms with E-state index in [0.717, 1.165) is 0 Å². The molecule has 0 heterocycles. The van der Waals surface area contributed by atoms with Crippen LogP contribution in [0.2, 0.25) is 0 Å². The van der Waals surface area contributed by atoms with Crippen molar-refractivity contribution in [2.45, 2.75) is 9.29 Å². The van der Waals surface area contributed by atoms with Crippen molar-refractivity contribution in [2.24, 2.45) is 0 Å². The first kappa shape index (κ1) is 14.7. The molecule has 1 aromatic carbocycles. The molecule has 0 aliphatic heterocycles. The standard InChI is InChI=1S/C10H9Cl4NO2/c1-17-7-4-2-6(3-5-7)8(16)15-9(11)10(12,13)14/h2-5,9H,1H3,(H,15,16). The van der Waals surface area contributed by atoms with Crippen molar-refractivity contribution in [3.63, 3.8) is 0 Å². The Balaban J connectivity index is 2.70. The number of alkyl halides is 4. The molecule has 1 unspecified atom stereocenters. The SMILES string of the molecule is COc1ccc(C(=O)NC(Cl)C(Cl)(Cl)Cl)cc1. The number of carbonyl (C=O) groups is 1. The predicted molar refractivity (Wildman–Crippen MR) is 70.4 cm³/mol. The monoisotopic (exact) mass is 315 g/mol. The van der Waals surface area contributed by atoms with Crippen LogP contribution < -0.4 is 10.1 Å². The van der Waals surface area contributed by atoms with Gasteiger partial charge >= 0.3 is 0 Å². The first-order valence-corrected chi connectivity index (χ1v) is 6.07. The van der Waals surface area contributed by atoms with Gasteiger partial charge in [0.1, 0.15) is 5.75 Å². The second-order valence-corrected chi connectivity index (χ2v) is 5.91. The zero-order chi connectivity index (χ0) is 13.1. The molecule has 1 aromatic rings. The van der Waals surface area contributed by atoms with E-state index in [0.29, 0.717) is 11.3 Å². The molecule has 0 aromatic heterocycles. The molecule has 0 aliphatic carbocycles.